The lowest BCUT2D eigenvalue weighted by Crippen LogP contribution is -2.18. The molecular weight excluding hydrogens is 279 g/mol. The molecule has 2 aromatic heterocycles. The van der Waals surface area contributed by atoms with Crippen LogP contribution in [0.5, 0.6) is 0 Å². The maximum atomic E-state index is 9.00. The van der Waals surface area contributed by atoms with Gasteiger partial charge < -0.3 is 22.9 Å². The molecule has 4 amide bonds. The van der Waals surface area contributed by atoms with Crippen molar-refractivity contribution >= 4 is 12.1 Å². The van der Waals surface area contributed by atoms with Crippen molar-refractivity contribution < 1.29 is 14.3 Å². The van der Waals surface area contributed by atoms with Gasteiger partial charge in [-0.3, -0.25) is 14.7 Å². The molecule has 0 fully saturated rings. The molecule has 0 bridgehead atoms. The molecule has 0 unspecified atom stereocenters. The number of urea groups is 2. The SMILES string of the molecule is F.NC(N)=O.NC(N)=O.c1ccncc1.c1ccncc1. The number of primary amides is 4. The first kappa shape index (κ1) is 22.9. The van der Waals surface area contributed by atoms with E-state index in [0.29, 0.717) is 0 Å². The molecule has 9 heteroatoms. The predicted molar refractivity (Wildman–Crippen MR) is 78.5 cm³/mol. The van der Waals surface area contributed by atoms with E-state index in [-0.39, 0.29) is 4.70 Å². The second-order valence-electron chi connectivity index (χ2n) is 2.85. The zero-order valence-corrected chi connectivity index (χ0v) is 11.2. The van der Waals surface area contributed by atoms with Gasteiger partial charge in [-0.15, -0.1) is 0 Å². The third-order valence-corrected chi connectivity index (χ3v) is 1.13. The third kappa shape index (κ3) is 47.6. The van der Waals surface area contributed by atoms with Gasteiger partial charge in [0.05, 0.1) is 0 Å². The normalized spacial score (nSPS) is 6.86. The molecule has 2 aromatic rings. The second kappa shape index (κ2) is 19.1. The number of carbonyl (C=O) groups is 2. The number of carbonyl (C=O) groups excluding carboxylic acids is 2. The molecule has 0 saturated heterocycles. The van der Waals surface area contributed by atoms with E-state index < -0.39 is 12.1 Å². The fourth-order valence-corrected chi connectivity index (χ4v) is 0.625. The maximum Gasteiger partial charge on any atom is 0.309 e. The minimum absolute atomic E-state index is 0. The van der Waals surface area contributed by atoms with Gasteiger partial charge in [-0.05, 0) is 24.3 Å². The number of hydrogen-bond donors (Lipinski definition) is 4. The van der Waals surface area contributed by atoms with Crippen molar-refractivity contribution in [3.05, 3.63) is 61.2 Å². The zero-order valence-electron chi connectivity index (χ0n) is 11.2. The molecule has 8 N–H and O–H groups in total. The van der Waals surface area contributed by atoms with Crippen LogP contribution in [-0.2, 0) is 0 Å². The molecule has 0 aliphatic carbocycles. The van der Waals surface area contributed by atoms with E-state index >= 15 is 0 Å². The van der Waals surface area contributed by atoms with E-state index in [4.69, 9.17) is 9.59 Å². The molecule has 0 aliphatic rings. The molecule has 2 rings (SSSR count). The largest absolute Gasteiger partial charge is 0.352 e. The molecule has 0 spiro atoms. The molecule has 0 saturated carbocycles. The average molecular weight is 298 g/mol. The highest BCUT2D eigenvalue weighted by Crippen LogP contribution is 1.74. The van der Waals surface area contributed by atoms with E-state index in [9.17, 15) is 0 Å². The van der Waals surface area contributed by atoms with E-state index in [0.717, 1.165) is 0 Å². The minimum Gasteiger partial charge on any atom is -0.352 e. The summed E-state index contributed by atoms with van der Waals surface area (Å²) in [7, 11) is 0. The third-order valence-electron chi connectivity index (χ3n) is 1.13. The van der Waals surface area contributed by atoms with Gasteiger partial charge >= 0.3 is 12.1 Å². The standard InChI is InChI=1S/2C5H5N.2CH4N2O.FH/c2*1-2-4-6-5-3-1;2*2-1(3)4;/h2*1-5H;2*(H4,2,3,4);1H. The number of rotatable bonds is 0. The first-order chi connectivity index (χ1) is 9.46. The minimum atomic E-state index is -0.833. The van der Waals surface area contributed by atoms with Gasteiger partial charge in [0.1, 0.15) is 0 Å². The Balaban J connectivity index is -0.000000208. The maximum absolute atomic E-state index is 9.00. The van der Waals surface area contributed by atoms with E-state index in [1.807, 2.05) is 36.4 Å². The molecule has 0 aliphatic heterocycles. The first-order valence-electron chi connectivity index (χ1n) is 5.26. The van der Waals surface area contributed by atoms with E-state index in [1.165, 1.54) is 0 Å². The smallest absolute Gasteiger partial charge is 0.309 e. The molecule has 2 heterocycles. The van der Waals surface area contributed by atoms with Gasteiger partial charge in [-0.2, -0.15) is 0 Å². The molecular formula is C12H19FN6O2. The van der Waals surface area contributed by atoms with Crippen LogP contribution in [0.4, 0.5) is 14.3 Å². The number of halogens is 1. The highest BCUT2D eigenvalue weighted by atomic mass is 19.0. The van der Waals surface area contributed by atoms with Crippen LogP contribution < -0.4 is 22.9 Å². The first-order valence-corrected chi connectivity index (χ1v) is 5.26. The van der Waals surface area contributed by atoms with Gasteiger partial charge in [-0.25, -0.2) is 9.59 Å². The molecule has 0 aromatic carbocycles. The fraction of sp³-hybridized carbons (Fsp3) is 0. The number of aromatic nitrogens is 2. The number of hydrogen-bond acceptors (Lipinski definition) is 4. The summed E-state index contributed by atoms with van der Waals surface area (Å²) in [5.41, 5.74) is 17.0. The lowest BCUT2D eigenvalue weighted by Gasteiger charge is -1.70. The molecule has 8 nitrogen and oxygen atoms in total. The van der Waals surface area contributed by atoms with Gasteiger partial charge in [0.2, 0.25) is 0 Å². The summed E-state index contributed by atoms with van der Waals surface area (Å²) >= 11 is 0. The number of amides is 4. The lowest BCUT2D eigenvalue weighted by molar-refractivity contribution is 0.255. The van der Waals surface area contributed by atoms with E-state index in [1.54, 1.807) is 24.8 Å². The molecule has 0 radical (unpaired) electrons. The summed E-state index contributed by atoms with van der Waals surface area (Å²) in [6.45, 7) is 0. The Morgan fingerprint density at radius 3 is 0.810 bits per heavy atom. The molecule has 116 valence electrons. The van der Waals surface area contributed by atoms with Gasteiger partial charge in [0.25, 0.3) is 0 Å². The monoisotopic (exact) mass is 298 g/mol. The van der Waals surface area contributed by atoms with Crippen LogP contribution in [0.25, 0.3) is 0 Å². The highest BCUT2D eigenvalue weighted by molar-refractivity contribution is 5.69. The summed E-state index contributed by atoms with van der Waals surface area (Å²) in [6.07, 6.45) is 7.00. The van der Waals surface area contributed by atoms with Crippen LogP contribution in [0, 0.1) is 0 Å². The Hall–Kier alpha value is -3.23. The quantitative estimate of drug-likeness (QED) is 0.552. The Morgan fingerprint density at radius 1 is 0.571 bits per heavy atom. The number of nitrogens with two attached hydrogens (primary N) is 4. The van der Waals surface area contributed by atoms with Crippen LogP contribution in [0.1, 0.15) is 0 Å². The Labute approximate surface area is 121 Å². The number of pyridine rings is 2. The zero-order chi connectivity index (χ0) is 15.6. The Morgan fingerprint density at radius 2 is 0.762 bits per heavy atom. The van der Waals surface area contributed by atoms with Crippen molar-refractivity contribution in [3.63, 3.8) is 0 Å². The lowest BCUT2D eigenvalue weighted by atomic mass is 10.5. The Bertz CT molecular complexity index is 339. The highest BCUT2D eigenvalue weighted by Gasteiger charge is 1.61. The molecule has 0 atom stereocenters. The summed E-state index contributed by atoms with van der Waals surface area (Å²) in [5.74, 6) is 0. The summed E-state index contributed by atoms with van der Waals surface area (Å²) < 4.78 is 0. The van der Waals surface area contributed by atoms with Crippen LogP contribution in [0.2, 0.25) is 0 Å². The summed E-state index contributed by atoms with van der Waals surface area (Å²) in [5, 5.41) is 0. The van der Waals surface area contributed by atoms with Crippen LogP contribution >= 0.6 is 0 Å². The van der Waals surface area contributed by atoms with Crippen molar-refractivity contribution in [2.45, 2.75) is 0 Å². The Kier molecular flexibility index (Phi) is 20.9. The van der Waals surface area contributed by atoms with Crippen molar-refractivity contribution in [1.29, 1.82) is 0 Å². The van der Waals surface area contributed by atoms with Crippen LogP contribution in [0.3, 0.4) is 0 Å². The van der Waals surface area contributed by atoms with Gasteiger partial charge in [0.15, 0.2) is 0 Å². The summed E-state index contributed by atoms with van der Waals surface area (Å²) in [4.78, 5) is 25.6. The predicted octanol–water partition coefficient (Wildman–Crippen LogP) is 0.363. The number of nitrogens with zero attached hydrogens (tertiary/aromatic N) is 2. The van der Waals surface area contributed by atoms with Gasteiger partial charge in [-0.1, -0.05) is 12.1 Å². The van der Waals surface area contributed by atoms with E-state index in [2.05, 4.69) is 32.9 Å². The summed E-state index contributed by atoms with van der Waals surface area (Å²) in [6, 6.07) is 9.76. The second-order valence-corrected chi connectivity index (χ2v) is 2.85. The van der Waals surface area contributed by atoms with Crippen LogP contribution in [0.15, 0.2) is 61.2 Å². The molecule has 21 heavy (non-hydrogen) atoms. The van der Waals surface area contributed by atoms with Crippen molar-refractivity contribution in [3.8, 4) is 0 Å². The van der Waals surface area contributed by atoms with Crippen molar-refractivity contribution in [1.82, 2.24) is 9.97 Å². The average Bonchev–Trinajstić information content (AvgIpc) is 2.42. The topological polar surface area (TPSA) is 164 Å². The fourth-order valence-electron chi connectivity index (χ4n) is 0.625. The van der Waals surface area contributed by atoms with Crippen molar-refractivity contribution in [2.24, 2.45) is 22.9 Å². The van der Waals surface area contributed by atoms with Gasteiger partial charge in [0, 0.05) is 24.8 Å². The van der Waals surface area contributed by atoms with Crippen molar-refractivity contribution in [2.75, 3.05) is 0 Å². The van der Waals surface area contributed by atoms with Crippen LogP contribution in [-0.4, -0.2) is 22.0 Å².